The van der Waals surface area contributed by atoms with E-state index in [0.717, 1.165) is 0 Å². The number of hydrogen-bond donors (Lipinski definition) is 1. The molecule has 0 aliphatic carbocycles. The average Bonchev–Trinajstić information content (AvgIpc) is 3.13. The van der Waals surface area contributed by atoms with Crippen LogP contribution < -0.4 is 19.8 Å². The highest BCUT2D eigenvalue weighted by atomic mass is 79.9. The zero-order chi connectivity index (χ0) is 24.9. The second-order valence-corrected chi connectivity index (χ2v) is 9.19. The Labute approximate surface area is 213 Å². The van der Waals surface area contributed by atoms with Crippen LogP contribution in [0.3, 0.4) is 0 Å². The van der Waals surface area contributed by atoms with Crippen LogP contribution in [0.15, 0.2) is 68.3 Å². The van der Waals surface area contributed by atoms with Crippen LogP contribution in [-0.2, 0) is 0 Å². The quantitative estimate of drug-likeness (QED) is 0.321. The summed E-state index contributed by atoms with van der Waals surface area (Å²) in [6.45, 7) is 2.13. The number of carbonyl (C=O) groups is 1. The third-order valence-electron chi connectivity index (χ3n) is 5.85. The van der Waals surface area contributed by atoms with Crippen molar-refractivity contribution in [1.82, 2.24) is 0 Å². The number of carbonyl (C=O) groups excluding carboxylic acids is 1. The van der Waals surface area contributed by atoms with Gasteiger partial charge < -0.3 is 19.0 Å². The number of halogens is 2. The van der Waals surface area contributed by atoms with Gasteiger partial charge in [-0.05, 0) is 61.0 Å². The second kappa shape index (κ2) is 8.94. The highest BCUT2D eigenvalue weighted by Crippen LogP contribution is 2.44. The molecule has 3 aromatic carbocycles. The summed E-state index contributed by atoms with van der Waals surface area (Å²) < 4.78 is 17.5. The highest BCUT2D eigenvalue weighted by molar-refractivity contribution is 9.10. The molecule has 0 saturated carbocycles. The van der Waals surface area contributed by atoms with Gasteiger partial charge in [0.2, 0.25) is 5.76 Å². The van der Waals surface area contributed by atoms with Crippen LogP contribution in [0.5, 0.6) is 17.2 Å². The van der Waals surface area contributed by atoms with Gasteiger partial charge in [0.1, 0.15) is 11.3 Å². The van der Waals surface area contributed by atoms with Crippen LogP contribution in [-0.4, -0.2) is 24.7 Å². The van der Waals surface area contributed by atoms with Gasteiger partial charge in [0.25, 0.3) is 5.91 Å². The molecule has 0 fully saturated rings. The Balaban J connectivity index is 1.79. The summed E-state index contributed by atoms with van der Waals surface area (Å²) in [4.78, 5) is 28.9. The average molecular weight is 557 g/mol. The predicted octanol–water partition coefficient (Wildman–Crippen LogP) is 6.07. The Morgan fingerprint density at radius 2 is 1.89 bits per heavy atom. The molecule has 1 atom stereocenters. The number of ether oxygens (including phenoxy) is 2. The molecule has 35 heavy (non-hydrogen) atoms. The van der Waals surface area contributed by atoms with Gasteiger partial charge in [-0.25, -0.2) is 0 Å². The van der Waals surface area contributed by atoms with E-state index in [0.29, 0.717) is 44.1 Å². The third-order valence-corrected chi connectivity index (χ3v) is 6.63. The molecule has 0 bridgehead atoms. The van der Waals surface area contributed by atoms with Crippen LogP contribution in [0.25, 0.3) is 11.0 Å². The van der Waals surface area contributed by atoms with Gasteiger partial charge in [-0.15, -0.1) is 0 Å². The number of hydrogen-bond acceptors (Lipinski definition) is 6. The van der Waals surface area contributed by atoms with Crippen molar-refractivity contribution in [3.8, 4) is 17.2 Å². The summed E-state index contributed by atoms with van der Waals surface area (Å²) in [5.41, 5.74) is 1.19. The fraction of sp³-hybridized carbons (Fsp3) is 0.154. The summed E-state index contributed by atoms with van der Waals surface area (Å²) >= 11 is 9.77. The molecule has 1 amide bonds. The summed E-state index contributed by atoms with van der Waals surface area (Å²) in [6.07, 6.45) is 0. The Morgan fingerprint density at radius 3 is 2.60 bits per heavy atom. The smallest absolute Gasteiger partial charge is 0.295 e. The number of nitrogens with zero attached hydrogens (tertiary/aromatic N) is 1. The molecular formula is C26H19BrClNO6. The molecular weight excluding hydrogens is 538 g/mol. The van der Waals surface area contributed by atoms with Gasteiger partial charge in [-0.3, -0.25) is 14.5 Å². The molecule has 9 heteroatoms. The molecule has 2 heterocycles. The zero-order valence-corrected chi connectivity index (χ0v) is 21.0. The number of anilines is 1. The number of rotatable bonds is 5. The first-order valence-corrected chi connectivity index (χ1v) is 11.9. The molecule has 0 saturated heterocycles. The molecule has 5 rings (SSSR count). The standard InChI is InChI=1S/C26H19BrClNO6/c1-3-34-21-10-13(4-7-18(21)30)23-22-24(31)16-11-14(27)5-8-19(16)35-25(22)26(32)29(23)15-6-9-20(33-2)17(28)12-15/h4-12,23,30H,3H2,1-2H3. The Morgan fingerprint density at radius 1 is 1.09 bits per heavy atom. The van der Waals surface area contributed by atoms with E-state index in [1.54, 1.807) is 55.5 Å². The first kappa shape index (κ1) is 23.3. The molecule has 0 radical (unpaired) electrons. The molecule has 1 N–H and O–H groups in total. The highest BCUT2D eigenvalue weighted by Gasteiger charge is 2.44. The summed E-state index contributed by atoms with van der Waals surface area (Å²) in [7, 11) is 1.50. The number of aromatic hydroxyl groups is 1. The molecule has 1 aliphatic rings. The van der Waals surface area contributed by atoms with Crippen molar-refractivity contribution in [2.24, 2.45) is 0 Å². The first-order chi connectivity index (χ1) is 16.8. The van der Waals surface area contributed by atoms with Gasteiger partial charge >= 0.3 is 0 Å². The van der Waals surface area contributed by atoms with Crippen molar-refractivity contribution < 1.29 is 23.8 Å². The Hall–Kier alpha value is -3.49. The van der Waals surface area contributed by atoms with Crippen molar-refractivity contribution in [2.75, 3.05) is 18.6 Å². The van der Waals surface area contributed by atoms with E-state index < -0.39 is 11.9 Å². The van der Waals surface area contributed by atoms with Gasteiger partial charge in [-0.2, -0.15) is 0 Å². The summed E-state index contributed by atoms with van der Waals surface area (Å²) in [5.74, 6) is 0.108. The number of methoxy groups -OCH3 is 1. The zero-order valence-electron chi connectivity index (χ0n) is 18.7. The number of fused-ring (bicyclic) bond motifs is 2. The van der Waals surface area contributed by atoms with Crippen molar-refractivity contribution in [3.63, 3.8) is 0 Å². The lowest BCUT2D eigenvalue weighted by atomic mass is 9.97. The SMILES string of the molecule is CCOc1cc(C2c3c(oc4ccc(Br)cc4c3=O)C(=O)N2c2ccc(OC)c(Cl)c2)ccc1O. The fourth-order valence-corrected chi connectivity index (χ4v) is 4.92. The predicted molar refractivity (Wildman–Crippen MR) is 136 cm³/mol. The lowest BCUT2D eigenvalue weighted by Gasteiger charge is -2.26. The van der Waals surface area contributed by atoms with Crippen molar-refractivity contribution in [3.05, 3.63) is 91.2 Å². The lowest BCUT2D eigenvalue weighted by molar-refractivity contribution is 0.0971. The van der Waals surface area contributed by atoms with Crippen LogP contribution in [0.1, 0.15) is 34.6 Å². The lowest BCUT2D eigenvalue weighted by Crippen LogP contribution is -2.29. The summed E-state index contributed by atoms with van der Waals surface area (Å²) in [5, 5.41) is 10.9. The van der Waals surface area contributed by atoms with E-state index >= 15 is 0 Å². The Kier molecular flexibility index (Phi) is 5.94. The minimum absolute atomic E-state index is 0.0475. The van der Waals surface area contributed by atoms with Crippen molar-refractivity contribution in [1.29, 1.82) is 0 Å². The fourth-order valence-electron chi connectivity index (χ4n) is 4.30. The van der Waals surface area contributed by atoms with Gasteiger partial charge in [-0.1, -0.05) is 33.6 Å². The minimum atomic E-state index is -0.846. The van der Waals surface area contributed by atoms with E-state index in [9.17, 15) is 14.7 Å². The molecule has 1 aromatic heterocycles. The molecule has 0 spiro atoms. The normalized spacial score (nSPS) is 14.9. The number of phenols is 1. The second-order valence-electron chi connectivity index (χ2n) is 7.87. The summed E-state index contributed by atoms with van der Waals surface area (Å²) in [6, 6.07) is 13.9. The Bertz CT molecular complexity index is 1550. The third kappa shape index (κ3) is 3.83. The van der Waals surface area contributed by atoms with E-state index in [1.807, 2.05) is 0 Å². The minimum Gasteiger partial charge on any atom is -0.504 e. The van der Waals surface area contributed by atoms with E-state index in [2.05, 4.69) is 15.9 Å². The van der Waals surface area contributed by atoms with E-state index in [1.165, 1.54) is 18.1 Å². The van der Waals surface area contributed by atoms with E-state index in [-0.39, 0.29) is 28.3 Å². The van der Waals surface area contributed by atoms with Crippen molar-refractivity contribution >= 4 is 50.1 Å². The van der Waals surface area contributed by atoms with Crippen LogP contribution in [0.4, 0.5) is 5.69 Å². The van der Waals surface area contributed by atoms with Crippen LogP contribution in [0, 0.1) is 0 Å². The number of amides is 1. The number of benzene rings is 3. The van der Waals surface area contributed by atoms with Gasteiger partial charge in [0.15, 0.2) is 16.9 Å². The van der Waals surface area contributed by atoms with E-state index in [4.69, 9.17) is 25.5 Å². The number of phenolic OH excluding ortho intramolecular Hbond substituents is 1. The van der Waals surface area contributed by atoms with Crippen LogP contribution >= 0.6 is 27.5 Å². The maximum Gasteiger partial charge on any atom is 0.295 e. The molecule has 1 aliphatic heterocycles. The maximum absolute atomic E-state index is 13.7. The van der Waals surface area contributed by atoms with Gasteiger partial charge in [0, 0.05) is 10.2 Å². The van der Waals surface area contributed by atoms with Crippen LogP contribution in [0.2, 0.25) is 5.02 Å². The molecule has 7 nitrogen and oxygen atoms in total. The first-order valence-electron chi connectivity index (χ1n) is 10.7. The van der Waals surface area contributed by atoms with Gasteiger partial charge in [0.05, 0.1) is 35.7 Å². The van der Waals surface area contributed by atoms with Crippen molar-refractivity contribution in [2.45, 2.75) is 13.0 Å². The molecule has 1 unspecified atom stereocenters. The molecule has 4 aromatic rings. The molecule has 178 valence electrons. The monoisotopic (exact) mass is 555 g/mol. The largest absolute Gasteiger partial charge is 0.504 e. The maximum atomic E-state index is 13.7. The topological polar surface area (TPSA) is 89.2 Å².